The number of carbonyl (C=O) groups is 2. The van der Waals surface area contributed by atoms with Gasteiger partial charge in [0.2, 0.25) is 11.9 Å². The zero-order chi connectivity index (χ0) is 22.5. The monoisotopic (exact) mass is 438 g/mol. The van der Waals surface area contributed by atoms with Crippen molar-refractivity contribution in [2.45, 2.75) is 25.5 Å². The number of nitrogens with one attached hydrogen (secondary N) is 1. The fraction of sp³-hybridized carbons (Fsp3) is 0.286. The maximum absolute atomic E-state index is 12.7. The van der Waals surface area contributed by atoms with Crippen LogP contribution in [0.15, 0.2) is 47.1 Å². The summed E-state index contributed by atoms with van der Waals surface area (Å²) in [7, 11) is 1.55. The van der Waals surface area contributed by atoms with Gasteiger partial charge in [-0.3, -0.25) is 4.79 Å². The number of amides is 1. The number of esters is 1. The van der Waals surface area contributed by atoms with Crippen LogP contribution in [0.5, 0.6) is 5.75 Å². The van der Waals surface area contributed by atoms with Gasteiger partial charge in [0.05, 0.1) is 19.1 Å². The average molecular weight is 438 g/mol. The Morgan fingerprint density at radius 1 is 1.22 bits per heavy atom. The topological polar surface area (TPSA) is 146 Å². The summed E-state index contributed by atoms with van der Waals surface area (Å²) in [5, 5.41) is 3.01. The van der Waals surface area contributed by atoms with Crippen LogP contribution in [0.4, 0.5) is 17.6 Å². The summed E-state index contributed by atoms with van der Waals surface area (Å²) in [6, 6.07) is 9.73. The molecule has 1 aliphatic rings. The van der Waals surface area contributed by atoms with Gasteiger partial charge in [0.15, 0.2) is 18.2 Å². The van der Waals surface area contributed by atoms with E-state index in [2.05, 4.69) is 20.3 Å². The van der Waals surface area contributed by atoms with Crippen LogP contribution in [0.1, 0.15) is 29.2 Å². The molecular formula is C21H22N6O5. The first-order valence-electron chi connectivity index (χ1n) is 9.96. The second-order valence-corrected chi connectivity index (χ2v) is 7.00. The van der Waals surface area contributed by atoms with Crippen LogP contribution in [-0.4, -0.2) is 51.4 Å². The number of benzene rings is 1. The van der Waals surface area contributed by atoms with E-state index in [0.29, 0.717) is 30.8 Å². The molecule has 1 amide bonds. The highest BCUT2D eigenvalue weighted by atomic mass is 16.5. The van der Waals surface area contributed by atoms with E-state index in [0.717, 1.165) is 0 Å². The van der Waals surface area contributed by atoms with Gasteiger partial charge >= 0.3 is 5.97 Å². The minimum Gasteiger partial charge on any atom is -0.495 e. The third-order valence-electron chi connectivity index (χ3n) is 4.91. The number of furan rings is 1. The molecule has 0 spiro atoms. The molecular weight excluding hydrogens is 416 g/mol. The molecule has 1 fully saturated rings. The number of hydrogen-bond donors (Lipinski definition) is 2. The molecule has 3 heterocycles. The van der Waals surface area contributed by atoms with Gasteiger partial charge in [0, 0.05) is 6.54 Å². The number of nitrogen functional groups attached to an aromatic ring is 1. The Balaban J connectivity index is 1.42. The van der Waals surface area contributed by atoms with Crippen LogP contribution in [0.25, 0.3) is 0 Å². The van der Waals surface area contributed by atoms with Crippen molar-refractivity contribution in [1.82, 2.24) is 19.9 Å². The maximum atomic E-state index is 12.7. The van der Waals surface area contributed by atoms with E-state index in [4.69, 9.17) is 19.6 Å². The highest BCUT2D eigenvalue weighted by Gasteiger charge is 2.36. The van der Waals surface area contributed by atoms with Crippen LogP contribution in [0.2, 0.25) is 0 Å². The molecule has 2 aromatic heterocycles. The number of nitrogens with two attached hydrogens (primary N) is 1. The van der Waals surface area contributed by atoms with Crippen LogP contribution < -0.4 is 15.8 Å². The number of nitrogens with zero attached hydrogens (tertiary/aromatic N) is 4. The van der Waals surface area contributed by atoms with E-state index in [9.17, 15) is 9.59 Å². The van der Waals surface area contributed by atoms with Crippen LogP contribution >= 0.6 is 0 Å². The minimum atomic E-state index is -0.696. The first-order chi connectivity index (χ1) is 15.5. The minimum absolute atomic E-state index is 0.0288. The molecule has 11 heteroatoms. The molecule has 1 saturated heterocycles. The first-order valence-corrected chi connectivity index (χ1v) is 9.96. The van der Waals surface area contributed by atoms with Crippen LogP contribution in [-0.2, 0) is 16.1 Å². The maximum Gasteiger partial charge on any atom is 0.329 e. The molecule has 11 nitrogen and oxygen atoms in total. The van der Waals surface area contributed by atoms with Crippen molar-refractivity contribution in [2.24, 2.45) is 0 Å². The molecule has 0 unspecified atom stereocenters. The number of hydrogen-bond acceptors (Lipinski definition) is 10. The van der Waals surface area contributed by atoms with Crippen molar-refractivity contribution in [3.05, 3.63) is 54.2 Å². The summed E-state index contributed by atoms with van der Waals surface area (Å²) in [6.45, 7) is 0.233. The standard InChI is InChI=1S/C21H22N6O5/c1-30-15-8-3-2-6-13(15)23-21-25-17(24-20(22)26-21)12-32-19(29)14-7-4-10-27(14)18(28)16-9-5-11-31-16/h2-3,5-6,8-9,11,14H,4,7,10,12H2,1H3,(H3,22,23,24,25,26)/t14-/m0/s1. The fourth-order valence-corrected chi connectivity index (χ4v) is 3.46. The second kappa shape index (κ2) is 9.33. The first kappa shape index (κ1) is 21.1. The van der Waals surface area contributed by atoms with E-state index >= 15 is 0 Å². The lowest BCUT2D eigenvalue weighted by Crippen LogP contribution is -2.41. The van der Waals surface area contributed by atoms with Gasteiger partial charge in [-0.05, 0) is 37.1 Å². The normalized spacial score (nSPS) is 15.4. The van der Waals surface area contributed by atoms with Gasteiger partial charge in [-0.25, -0.2) is 4.79 Å². The summed E-state index contributed by atoms with van der Waals surface area (Å²) in [4.78, 5) is 39.0. The van der Waals surface area contributed by atoms with E-state index in [1.807, 2.05) is 12.1 Å². The quantitative estimate of drug-likeness (QED) is 0.526. The number of methoxy groups -OCH3 is 1. The van der Waals surface area contributed by atoms with Crippen molar-refractivity contribution in [1.29, 1.82) is 0 Å². The molecule has 166 valence electrons. The van der Waals surface area contributed by atoms with Crippen LogP contribution in [0, 0.1) is 0 Å². The molecule has 3 N–H and O–H groups in total. The Bertz CT molecular complexity index is 1100. The number of anilines is 3. The van der Waals surface area contributed by atoms with Gasteiger partial charge in [-0.2, -0.15) is 15.0 Å². The number of likely N-dealkylation sites (tertiary alicyclic amines) is 1. The Morgan fingerprint density at radius 3 is 2.84 bits per heavy atom. The number of para-hydroxylation sites is 2. The third-order valence-corrected chi connectivity index (χ3v) is 4.91. The van der Waals surface area contributed by atoms with E-state index in [-0.39, 0.29) is 36.0 Å². The second-order valence-electron chi connectivity index (χ2n) is 7.00. The summed E-state index contributed by atoms with van der Waals surface area (Å²) in [5.41, 5.74) is 6.43. The lowest BCUT2D eigenvalue weighted by atomic mass is 10.2. The Morgan fingerprint density at radius 2 is 2.06 bits per heavy atom. The molecule has 0 saturated carbocycles. The molecule has 3 aromatic rings. The molecule has 1 aromatic carbocycles. The summed E-state index contributed by atoms with van der Waals surface area (Å²) in [5.74, 6) is 0.222. The zero-order valence-corrected chi connectivity index (χ0v) is 17.4. The molecule has 0 bridgehead atoms. The van der Waals surface area contributed by atoms with Gasteiger partial charge in [0.1, 0.15) is 11.8 Å². The molecule has 4 rings (SSSR count). The lowest BCUT2D eigenvalue weighted by Gasteiger charge is -2.22. The predicted molar refractivity (Wildman–Crippen MR) is 113 cm³/mol. The summed E-state index contributed by atoms with van der Waals surface area (Å²) < 4.78 is 15.8. The number of rotatable bonds is 7. The molecule has 0 aliphatic carbocycles. The van der Waals surface area contributed by atoms with Gasteiger partial charge in [-0.1, -0.05) is 12.1 Å². The van der Waals surface area contributed by atoms with Crippen molar-refractivity contribution in [2.75, 3.05) is 24.7 Å². The SMILES string of the molecule is COc1ccccc1Nc1nc(N)nc(COC(=O)[C@@H]2CCCN2C(=O)c2ccco2)n1. The number of carbonyl (C=O) groups excluding carboxylic acids is 2. The van der Waals surface area contributed by atoms with Crippen molar-refractivity contribution in [3.8, 4) is 5.75 Å². The molecule has 1 aliphatic heterocycles. The molecule has 32 heavy (non-hydrogen) atoms. The van der Waals surface area contributed by atoms with E-state index in [1.165, 1.54) is 11.2 Å². The fourth-order valence-electron chi connectivity index (χ4n) is 3.46. The van der Waals surface area contributed by atoms with Gasteiger partial charge in [-0.15, -0.1) is 0 Å². The third kappa shape index (κ3) is 4.61. The predicted octanol–water partition coefficient (Wildman–Crippen LogP) is 2.15. The van der Waals surface area contributed by atoms with Crippen molar-refractivity contribution in [3.63, 3.8) is 0 Å². The largest absolute Gasteiger partial charge is 0.495 e. The highest BCUT2D eigenvalue weighted by Crippen LogP contribution is 2.26. The van der Waals surface area contributed by atoms with Crippen molar-refractivity contribution < 1.29 is 23.5 Å². The van der Waals surface area contributed by atoms with Gasteiger partial charge < -0.3 is 29.8 Å². The average Bonchev–Trinajstić information content (AvgIpc) is 3.49. The van der Waals surface area contributed by atoms with Gasteiger partial charge in [0.25, 0.3) is 5.91 Å². The smallest absolute Gasteiger partial charge is 0.329 e. The van der Waals surface area contributed by atoms with E-state index < -0.39 is 12.0 Å². The Hall–Kier alpha value is -4.15. The summed E-state index contributed by atoms with van der Waals surface area (Å²) >= 11 is 0. The summed E-state index contributed by atoms with van der Waals surface area (Å²) in [6.07, 6.45) is 2.61. The molecule has 0 radical (unpaired) electrons. The van der Waals surface area contributed by atoms with E-state index in [1.54, 1.807) is 31.4 Å². The number of aromatic nitrogens is 3. The lowest BCUT2D eigenvalue weighted by molar-refractivity contribution is -0.149. The Kier molecular flexibility index (Phi) is 6.15. The Labute approximate surface area is 183 Å². The molecule has 1 atom stereocenters. The van der Waals surface area contributed by atoms with Crippen molar-refractivity contribution >= 4 is 29.5 Å². The highest BCUT2D eigenvalue weighted by molar-refractivity contribution is 5.94. The number of ether oxygens (including phenoxy) is 2. The zero-order valence-electron chi connectivity index (χ0n) is 17.4. The van der Waals surface area contributed by atoms with Crippen LogP contribution in [0.3, 0.4) is 0 Å².